The van der Waals surface area contributed by atoms with Crippen LogP contribution in [0.4, 0.5) is 11.4 Å². The van der Waals surface area contributed by atoms with Crippen molar-refractivity contribution in [2.24, 2.45) is 0 Å². The monoisotopic (exact) mass is 305 g/mol. The van der Waals surface area contributed by atoms with Crippen molar-refractivity contribution in [1.29, 1.82) is 0 Å². The van der Waals surface area contributed by atoms with Crippen LogP contribution in [0.15, 0.2) is 33.9 Å². The fourth-order valence-electron chi connectivity index (χ4n) is 1.74. The van der Waals surface area contributed by atoms with Crippen LogP contribution >= 0.6 is 11.8 Å². The average molecular weight is 305 g/mol. The van der Waals surface area contributed by atoms with E-state index in [4.69, 9.17) is 10.2 Å². The number of hydrogen-bond donors (Lipinski definition) is 2. The van der Waals surface area contributed by atoms with Gasteiger partial charge in [0, 0.05) is 23.5 Å². The number of rotatable bonds is 6. The van der Waals surface area contributed by atoms with Gasteiger partial charge in [-0.1, -0.05) is 17.8 Å². The summed E-state index contributed by atoms with van der Waals surface area (Å²) in [5.41, 5.74) is 7.94. The lowest BCUT2D eigenvalue weighted by Crippen LogP contribution is -2.11. The Labute approximate surface area is 128 Å². The van der Waals surface area contributed by atoms with Gasteiger partial charge in [0.1, 0.15) is 5.76 Å². The predicted octanol–water partition coefficient (Wildman–Crippen LogP) is 3.38. The molecule has 0 aliphatic carbocycles. The molecule has 0 spiro atoms. The van der Waals surface area contributed by atoms with Gasteiger partial charge >= 0.3 is 0 Å². The SMILES string of the molecule is Cc1nc(SCCCC(=O)Nc2cccc(N)c2)oc1C. The van der Waals surface area contributed by atoms with Crippen molar-refractivity contribution in [3.8, 4) is 0 Å². The van der Waals surface area contributed by atoms with E-state index >= 15 is 0 Å². The van der Waals surface area contributed by atoms with Gasteiger partial charge in [-0.05, 0) is 38.5 Å². The molecular weight excluding hydrogens is 286 g/mol. The summed E-state index contributed by atoms with van der Waals surface area (Å²) in [4.78, 5) is 16.1. The average Bonchev–Trinajstić information content (AvgIpc) is 2.74. The highest BCUT2D eigenvalue weighted by molar-refractivity contribution is 7.99. The predicted molar refractivity (Wildman–Crippen MR) is 85.4 cm³/mol. The Hall–Kier alpha value is -1.95. The van der Waals surface area contributed by atoms with Crippen molar-refractivity contribution in [1.82, 2.24) is 4.98 Å². The van der Waals surface area contributed by atoms with Crippen LogP contribution in [0.2, 0.25) is 0 Å². The Balaban J connectivity index is 1.70. The number of amides is 1. The van der Waals surface area contributed by atoms with Crippen molar-refractivity contribution in [2.45, 2.75) is 31.9 Å². The smallest absolute Gasteiger partial charge is 0.256 e. The molecule has 3 N–H and O–H groups in total. The van der Waals surface area contributed by atoms with E-state index in [0.29, 0.717) is 17.3 Å². The third-order valence-corrected chi connectivity index (χ3v) is 3.87. The number of benzene rings is 1. The number of nitrogens with one attached hydrogen (secondary N) is 1. The molecule has 0 unspecified atom stereocenters. The Kier molecular flexibility index (Phi) is 5.27. The topological polar surface area (TPSA) is 81.2 Å². The zero-order valence-electron chi connectivity index (χ0n) is 12.2. The molecule has 0 radical (unpaired) electrons. The minimum Gasteiger partial charge on any atom is -0.437 e. The van der Waals surface area contributed by atoms with E-state index in [1.54, 1.807) is 12.1 Å². The molecule has 0 bridgehead atoms. The number of aromatic nitrogens is 1. The fraction of sp³-hybridized carbons (Fsp3) is 0.333. The van der Waals surface area contributed by atoms with Gasteiger partial charge in [0.15, 0.2) is 0 Å². The van der Waals surface area contributed by atoms with Crippen molar-refractivity contribution in [3.63, 3.8) is 0 Å². The molecule has 1 heterocycles. The maximum absolute atomic E-state index is 11.8. The molecule has 0 saturated heterocycles. The molecule has 0 aliphatic heterocycles. The standard InChI is InChI=1S/C15H19N3O2S/c1-10-11(2)20-15(17-10)21-8-4-7-14(19)18-13-6-3-5-12(16)9-13/h3,5-6,9H,4,7-8,16H2,1-2H3,(H,18,19). The van der Waals surface area contributed by atoms with Crippen LogP contribution in [0, 0.1) is 13.8 Å². The fourth-order valence-corrected chi connectivity index (χ4v) is 2.59. The molecule has 0 atom stereocenters. The first-order chi connectivity index (χ1) is 10.0. The lowest BCUT2D eigenvalue weighted by atomic mass is 10.2. The number of carbonyl (C=O) groups excluding carboxylic acids is 1. The summed E-state index contributed by atoms with van der Waals surface area (Å²) in [6.07, 6.45) is 1.22. The van der Waals surface area contributed by atoms with Gasteiger partial charge in [0.2, 0.25) is 5.91 Å². The molecule has 1 aromatic heterocycles. The van der Waals surface area contributed by atoms with Crippen LogP contribution in [0.3, 0.4) is 0 Å². The van der Waals surface area contributed by atoms with Gasteiger partial charge in [0.05, 0.1) is 5.69 Å². The number of aryl methyl sites for hydroxylation is 2. The minimum absolute atomic E-state index is 0.0130. The summed E-state index contributed by atoms with van der Waals surface area (Å²) in [6.45, 7) is 3.81. The van der Waals surface area contributed by atoms with E-state index in [1.807, 2.05) is 26.0 Å². The molecule has 0 fully saturated rings. The van der Waals surface area contributed by atoms with Gasteiger partial charge in [-0.3, -0.25) is 4.79 Å². The Morgan fingerprint density at radius 3 is 2.90 bits per heavy atom. The number of nitrogens with zero attached hydrogens (tertiary/aromatic N) is 1. The van der Waals surface area contributed by atoms with Crippen molar-refractivity contribution < 1.29 is 9.21 Å². The molecule has 0 aliphatic rings. The molecule has 2 rings (SSSR count). The summed E-state index contributed by atoms with van der Waals surface area (Å²) < 4.78 is 5.47. The van der Waals surface area contributed by atoms with Crippen molar-refractivity contribution in [3.05, 3.63) is 35.7 Å². The first-order valence-electron chi connectivity index (χ1n) is 6.77. The lowest BCUT2D eigenvalue weighted by molar-refractivity contribution is -0.116. The van der Waals surface area contributed by atoms with E-state index < -0.39 is 0 Å². The first-order valence-corrected chi connectivity index (χ1v) is 7.75. The van der Waals surface area contributed by atoms with Crippen LogP contribution in [-0.4, -0.2) is 16.6 Å². The summed E-state index contributed by atoms with van der Waals surface area (Å²) in [7, 11) is 0. The van der Waals surface area contributed by atoms with Gasteiger partial charge in [0.25, 0.3) is 5.22 Å². The van der Waals surface area contributed by atoms with E-state index in [1.165, 1.54) is 11.8 Å². The highest BCUT2D eigenvalue weighted by Crippen LogP contribution is 2.21. The molecule has 21 heavy (non-hydrogen) atoms. The second kappa shape index (κ2) is 7.17. The van der Waals surface area contributed by atoms with Gasteiger partial charge in [-0.2, -0.15) is 0 Å². The molecular formula is C15H19N3O2S. The van der Waals surface area contributed by atoms with Crippen molar-refractivity contribution >= 4 is 29.0 Å². The Bertz CT molecular complexity index is 606. The quantitative estimate of drug-likeness (QED) is 0.486. The largest absolute Gasteiger partial charge is 0.437 e. The van der Waals surface area contributed by atoms with E-state index in [-0.39, 0.29) is 5.91 Å². The second-order valence-corrected chi connectivity index (χ2v) is 5.79. The van der Waals surface area contributed by atoms with Gasteiger partial charge in [-0.15, -0.1) is 0 Å². The summed E-state index contributed by atoms with van der Waals surface area (Å²) >= 11 is 1.53. The molecule has 6 heteroatoms. The van der Waals surface area contributed by atoms with E-state index in [2.05, 4.69) is 10.3 Å². The highest BCUT2D eigenvalue weighted by atomic mass is 32.2. The lowest BCUT2D eigenvalue weighted by Gasteiger charge is -2.05. The van der Waals surface area contributed by atoms with Crippen LogP contribution < -0.4 is 11.1 Å². The number of anilines is 2. The van der Waals surface area contributed by atoms with Crippen LogP contribution in [0.5, 0.6) is 0 Å². The Morgan fingerprint density at radius 1 is 1.43 bits per heavy atom. The Morgan fingerprint density at radius 2 is 2.24 bits per heavy atom. The zero-order valence-corrected chi connectivity index (χ0v) is 13.0. The molecule has 5 nitrogen and oxygen atoms in total. The first kappa shape index (κ1) is 15.4. The number of carbonyl (C=O) groups is 1. The number of nitrogen functional groups attached to an aromatic ring is 1. The number of hydrogen-bond acceptors (Lipinski definition) is 5. The third kappa shape index (κ3) is 4.82. The summed E-state index contributed by atoms with van der Waals surface area (Å²) in [5.74, 6) is 1.63. The van der Waals surface area contributed by atoms with E-state index in [0.717, 1.165) is 29.3 Å². The van der Waals surface area contributed by atoms with Gasteiger partial charge < -0.3 is 15.5 Å². The van der Waals surface area contributed by atoms with Crippen LogP contribution in [0.1, 0.15) is 24.3 Å². The third-order valence-electron chi connectivity index (χ3n) is 2.95. The summed E-state index contributed by atoms with van der Waals surface area (Å²) in [5, 5.41) is 3.50. The minimum atomic E-state index is -0.0130. The van der Waals surface area contributed by atoms with Gasteiger partial charge in [-0.25, -0.2) is 4.98 Å². The molecule has 1 aromatic carbocycles. The summed E-state index contributed by atoms with van der Waals surface area (Å²) in [6, 6.07) is 7.16. The maximum Gasteiger partial charge on any atom is 0.256 e. The molecule has 112 valence electrons. The van der Waals surface area contributed by atoms with Crippen LogP contribution in [0.25, 0.3) is 0 Å². The number of oxazole rings is 1. The zero-order chi connectivity index (χ0) is 15.2. The highest BCUT2D eigenvalue weighted by Gasteiger charge is 2.07. The molecule has 2 aromatic rings. The number of nitrogens with two attached hydrogens (primary N) is 1. The molecule has 1 amide bonds. The molecule has 0 saturated carbocycles. The normalized spacial score (nSPS) is 10.6. The second-order valence-electron chi connectivity index (χ2n) is 4.75. The van der Waals surface area contributed by atoms with E-state index in [9.17, 15) is 4.79 Å². The number of thioether (sulfide) groups is 1. The van der Waals surface area contributed by atoms with Crippen molar-refractivity contribution in [2.75, 3.05) is 16.8 Å². The van der Waals surface area contributed by atoms with Crippen LogP contribution in [-0.2, 0) is 4.79 Å². The maximum atomic E-state index is 11.8.